The SMILES string of the molecule is CCOC(=O)/C=C/C1=C(c2ccsc2)c2ccc(OC)cc2CC1. The molecule has 24 heavy (non-hydrogen) atoms. The monoisotopic (exact) mass is 340 g/mol. The second-order valence-electron chi connectivity index (χ2n) is 5.52. The van der Waals surface area contributed by atoms with Gasteiger partial charge in [0.25, 0.3) is 0 Å². The molecule has 0 unspecified atom stereocenters. The highest BCUT2D eigenvalue weighted by Gasteiger charge is 2.20. The van der Waals surface area contributed by atoms with Gasteiger partial charge in [-0.2, -0.15) is 11.3 Å². The number of carbonyl (C=O) groups is 1. The Morgan fingerprint density at radius 3 is 2.88 bits per heavy atom. The van der Waals surface area contributed by atoms with E-state index in [9.17, 15) is 4.79 Å². The lowest BCUT2D eigenvalue weighted by Gasteiger charge is -2.22. The third kappa shape index (κ3) is 3.44. The lowest BCUT2D eigenvalue weighted by Crippen LogP contribution is -2.06. The molecule has 0 saturated heterocycles. The molecule has 1 heterocycles. The minimum atomic E-state index is -0.296. The zero-order chi connectivity index (χ0) is 16.9. The van der Waals surface area contributed by atoms with Crippen molar-refractivity contribution in [3.63, 3.8) is 0 Å². The molecule has 124 valence electrons. The maximum Gasteiger partial charge on any atom is 0.330 e. The van der Waals surface area contributed by atoms with Crippen LogP contribution in [-0.4, -0.2) is 19.7 Å². The maximum absolute atomic E-state index is 11.7. The molecule has 1 aliphatic rings. The van der Waals surface area contributed by atoms with Gasteiger partial charge in [-0.15, -0.1) is 0 Å². The number of fused-ring (bicyclic) bond motifs is 1. The van der Waals surface area contributed by atoms with E-state index >= 15 is 0 Å². The van der Waals surface area contributed by atoms with Gasteiger partial charge < -0.3 is 9.47 Å². The average Bonchev–Trinajstić information content (AvgIpc) is 3.13. The highest BCUT2D eigenvalue weighted by atomic mass is 32.1. The molecule has 2 aromatic rings. The topological polar surface area (TPSA) is 35.5 Å². The summed E-state index contributed by atoms with van der Waals surface area (Å²) < 4.78 is 10.3. The molecule has 0 amide bonds. The standard InChI is InChI=1S/C20H20O3S/c1-3-23-19(21)9-6-14-4-5-15-12-17(22-2)7-8-18(15)20(14)16-10-11-24-13-16/h6-13H,3-5H2,1-2H3/b9-6+. The van der Waals surface area contributed by atoms with Crippen molar-refractivity contribution in [2.24, 2.45) is 0 Å². The Morgan fingerprint density at radius 2 is 2.17 bits per heavy atom. The molecule has 4 heteroatoms. The van der Waals surface area contributed by atoms with Gasteiger partial charge in [-0.1, -0.05) is 12.1 Å². The predicted octanol–water partition coefficient (Wildman–Crippen LogP) is 4.62. The number of rotatable bonds is 5. The highest BCUT2D eigenvalue weighted by Crippen LogP contribution is 2.38. The molecule has 0 atom stereocenters. The van der Waals surface area contributed by atoms with E-state index in [1.807, 2.05) is 19.1 Å². The summed E-state index contributed by atoms with van der Waals surface area (Å²) >= 11 is 1.68. The van der Waals surface area contributed by atoms with E-state index < -0.39 is 0 Å². The summed E-state index contributed by atoms with van der Waals surface area (Å²) in [6.07, 6.45) is 5.25. The molecule has 0 radical (unpaired) electrons. The smallest absolute Gasteiger partial charge is 0.330 e. The quantitative estimate of drug-likeness (QED) is 0.588. The molecule has 0 spiro atoms. The number of hydrogen-bond acceptors (Lipinski definition) is 4. The Labute approximate surface area is 146 Å². The van der Waals surface area contributed by atoms with E-state index in [0.717, 1.165) is 18.6 Å². The van der Waals surface area contributed by atoms with Crippen molar-refractivity contribution in [3.8, 4) is 5.75 Å². The van der Waals surface area contributed by atoms with Crippen LogP contribution >= 0.6 is 11.3 Å². The molecule has 0 N–H and O–H groups in total. The van der Waals surface area contributed by atoms with Crippen LogP contribution in [0.3, 0.4) is 0 Å². The van der Waals surface area contributed by atoms with Gasteiger partial charge in [0.2, 0.25) is 0 Å². The summed E-state index contributed by atoms with van der Waals surface area (Å²) in [4.78, 5) is 11.7. The van der Waals surface area contributed by atoms with Crippen LogP contribution in [0.1, 0.15) is 30.0 Å². The van der Waals surface area contributed by atoms with E-state index in [-0.39, 0.29) is 5.97 Å². The van der Waals surface area contributed by atoms with E-state index in [2.05, 4.69) is 29.0 Å². The number of hydrogen-bond donors (Lipinski definition) is 0. The second-order valence-corrected chi connectivity index (χ2v) is 6.30. The molecule has 3 nitrogen and oxygen atoms in total. The average molecular weight is 340 g/mol. The molecule has 0 bridgehead atoms. The van der Waals surface area contributed by atoms with E-state index in [1.165, 1.54) is 33.9 Å². The fraction of sp³-hybridized carbons (Fsp3) is 0.250. The molecule has 3 rings (SSSR count). The number of esters is 1. The number of thiophene rings is 1. The van der Waals surface area contributed by atoms with Crippen LogP contribution in [0.2, 0.25) is 0 Å². The zero-order valence-electron chi connectivity index (χ0n) is 13.9. The van der Waals surface area contributed by atoms with Crippen LogP contribution in [0, 0.1) is 0 Å². The van der Waals surface area contributed by atoms with Gasteiger partial charge in [-0.25, -0.2) is 4.79 Å². The Kier molecular flexibility index (Phi) is 5.16. The van der Waals surface area contributed by atoms with Gasteiger partial charge in [0.05, 0.1) is 13.7 Å². The lowest BCUT2D eigenvalue weighted by atomic mass is 9.82. The Hall–Kier alpha value is -2.33. The van der Waals surface area contributed by atoms with E-state index in [4.69, 9.17) is 9.47 Å². The van der Waals surface area contributed by atoms with Crippen LogP contribution in [0.15, 0.2) is 52.8 Å². The molecular formula is C20H20O3S. The molecular weight excluding hydrogens is 320 g/mol. The van der Waals surface area contributed by atoms with Crippen molar-refractivity contribution in [1.29, 1.82) is 0 Å². The second kappa shape index (κ2) is 7.49. The van der Waals surface area contributed by atoms with Crippen molar-refractivity contribution in [3.05, 3.63) is 69.4 Å². The van der Waals surface area contributed by atoms with Crippen molar-refractivity contribution < 1.29 is 14.3 Å². The van der Waals surface area contributed by atoms with Gasteiger partial charge in [-0.3, -0.25) is 0 Å². The van der Waals surface area contributed by atoms with Crippen LogP contribution in [0.25, 0.3) is 5.57 Å². The Morgan fingerprint density at radius 1 is 1.29 bits per heavy atom. The number of carbonyl (C=O) groups excluding carboxylic acids is 1. The molecule has 0 aliphatic heterocycles. The van der Waals surface area contributed by atoms with E-state index in [0.29, 0.717) is 6.61 Å². The number of aryl methyl sites for hydroxylation is 1. The molecule has 1 aliphatic carbocycles. The first-order chi connectivity index (χ1) is 11.7. The molecule has 0 fully saturated rings. The van der Waals surface area contributed by atoms with Crippen LogP contribution in [0.4, 0.5) is 0 Å². The normalized spacial score (nSPS) is 13.9. The molecule has 1 aromatic carbocycles. The Balaban J connectivity index is 2.06. The fourth-order valence-corrected chi connectivity index (χ4v) is 3.64. The van der Waals surface area contributed by atoms with Crippen LogP contribution in [0.5, 0.6) is 5.75 Å². The summed E-state index contributed by atoms with van der Waals surface area (Å²) in [6.45, 7) is 2.20. The lowest BCUT2D eigenvalue weighted by molar-refractivity contribution is -0.137. The van der Waals surface area contributed by atoms with Gasteiger partial charge in [0.15, 0.2) is 0 Å². The highest BCUT2D eigenvalue weighted by molar-refractivity contribution is 7.08. The summed E-state index contributed by atoms with van der Waals surface area (Å²) in [6, 6.07) is 8.33. The zero-order valence-corrected chi connectivity index (χ0v) is 14.7. The minimum absolute atomic E-state index is 0.296. The van der Waals surface area contributed by atoms with Crippen LogP contribution in [-0.2, 0) is 16.0 Å². The van der Waals surface area contributed by atoms with E-state index in [1.54, 1.807) is 18.4 Å². The summed E-state index contributed by atoms with van der Waals surface area (Å²) in [5.74, 6) is 0.583. The van der Waals surface area contributed by atoms with Crippen molar-refractivity contribution in [2.75, 3.05) is 13.7 Å². The van der Waals surface area contributed by atoms with Crippen molar-refractivity contribution >= 4 is 22.9 Å². The summed E-state index contributed by atoms with van der Waals surface area (Å²) in [5, 5.41) is 4.22. The number of allylic oxidation sites excluding steroid dienone is 2. The fourth-order valence-electron chi connectivity index (χ4n) is 2.99. The van der Waals surface area contributed by atoms with Crippen molar-refractivity contribution in [2.45, 2.75) is 19.8 Å². The first-order valence-corrected chi connectivity index (χ1v) is 8.95. The minimum Gasteiger partial charge on any atom is -0.497 e. The largest absolute Gasteiger partial charge is 0.497 e. The predicted molar refractivity (Wildman–Crippen MR) is 97.4 cm³/mol. The van der Waals surface area contributed by atoms with Crippen molar-refractivity contribution in [1.82, 2.24) is 0 Å². The first kappa shape index (κ1) is 16.5. The molecule has 0 saturated carbocycles. The third-order valence-electron chi connectivity index (χ3n) is 4.08. The van der Waals surface area contributed by atoms with Gasteiger partial charge in [-0.05, 0) is 76.6 Å². The summed E-state index contributed by atoms with van der Waals surface area (Å²) in [7, 11) is 1.69. The maximum atomic E-state index is 11.7. The number of benzene rings is 1. The third-order valence-corrected chi connectivity index (χ3v) is 4.77. The van der Waals surface area contributed by atoms with Gasteiger partial charge >= 0.3 is 5.97 Å². The molecule has 1 aromatic heterocycles. The van der Waals surface area contributed by atoms with Crippen LogP contribution < -0.4 is 4.74 Å². The summed E-state index contributed by atoms with van der Waals surface area (Å²) in [5.41, 5.74) is 6.04. The first-order valence-electron chi connectivity index (χ1n) is 8.00. The number of ether oxygens (including phenoxy) is 2. The number of methoxy groups -OCH3 is 1. The Bertz CT molecular complexity index is 785. The van der Waals surface area contributed by atoms with Gasteiger partial charge in [0.1, 0.15) is 5.75 Å². The van der Waals surface area contributed by atoms with Gasteiger partial charge in [0, 0.05) is 6.08 Å².